The van der Waals surface area contributed by atoms with E-state index < -0.39 is 0 Å². The van der Waals surface area contributed by atoms with Crippen LogP contribution in [-0.2, 0) is 0 Å². The van der Waals surface area contributed by atoms with E-state index in [1.54, 1.807) is 7.11 Å². The van der Waals surface area contributed by atoms with Crippen molar-refractivity contribution in [2.24, 2.45) is 11.8 Å². The van der Waals surface area contributed by atoms with Crippen LogP contribution >= 0.6 is 0 Å². The molecule has 3 rings (SSSR count). The number of nitrogens with one attached hydrogen (secondary N) is 1. The smallest absolute Gasteiger partial charge is 0.119 e. The van der Waals surface area contributed by atoms with Gasteiger partial charge in [-0.05, 0) is 61.4 Å². The van der Waals surface area contributed by atoms with Gasteiger partial charge in [-0.25, -0.2) is 0 Å². The van der Waals surface area contributed by atoms with E-state index in [-0.39, 0.29) is 0 Å². The van der Waals surface area contributed by atoms with Gasteiger partial charge in [0.05, 0.1) is 7.11 Å². The molecule has 0 aromatic heterocycles. The fourth-order valence-electron chi connectivity index (χ4n) is 3.64. The summed E-state index contributed by atoms with van der Waals surface area (Å²) in [4.78, 5) is 0. The second-order valence-electron chi connectivity index (χ2n) is 5.40. The van der Waals surface area contributed by atoms with Crippen molar-refractivity contribution in [2.45, 2.75) is 25.2 Å². The first-order chi connectivity index (χ1) is 8.38. The molecule has 0 unspecified atom stereocenters. The first-order valence-corrected chi connectivity index (χ1v) is 6.73. The van der Waals surface area contributed by atoms with Gasteiger partial charge >= 0.3 is 0 Å². The molecule has 1 aliphatic carbocycles. The molecule has 2 fully saturated rings. The summed E-state index contributed by atoms with van der Waals surface area (Å²) < 4.78 is 5.34. The third kappa shape index (κ3) is 2.06. The zero-order chi connectivity index (χ0) is 11.7. The number of methoxy groups -OCH3 is 1. The Morgan fingerprint density at radius 1 is 1.24 bits per heavy atom. The maximum Gasteiger partial charge on any atom is 0.119 e. The number of fused-ring (bicyclic) bond motifs is 1. The van der Waals surface area contributed by atoms with E-state index in [0.29, 0.717) is 0 Å². The Balaban J connectivity index is 1.86. The van der Waals surface area contributed by atoms with Crippen LogP contribution in [0.15, 0.2) is 24.3 Å². The number of hydrogen-bond acceptors (Lipinski definition) is 2. The Morgan fingerprint density at radius 3 is 3.06 bits per heavy atom. The molecule has 0 spiro atoms. The van der Waals surface area contributed by atoms with Crippen molar-refractivity contribution in [2.75, 3.05) is 20.2 Å². The summed E-state index contributed by atoms with van der Waals surface area (Å²) in [6, 6.07) is 8.66. The molecule has 0 radical (unpaired) electrons. The van der Waals surface area contributed by atoms with E-state index in [4.69, 9.17) is 4.74 Å². The van der Waals surface area contributed by atoms with Crippen LogP contribution in [-0.4, -0.2) is 20.2 Å². The van der Waals surface area contributed by atoms with Crippen molar-refractivity contribution in [3.63, 3.8) is 0 Å². The molecule has 0 amide bonds. The molecule has 92 valence electrons. The summed E-state index contributed by atoms with van der Waals surface area (Å²) in [6.07, 6.45) is 4.14. The van der Waals surface area contributed by atoms with Crippen LogP contribution in [0.4, 0.5) is 0 Å². The molecule has 1 aromatic carbocycles. The first kappa shape index (κ1) is 11.1. The maximum absolute atomic E-state index is 5.34. The highest BCUT2D eigenvalue weighted by Crippen LogP contribution is 2.43. The Hall–Kier alpha value is -1.02. The average Bonchev–Trinajstić information content (AvgIpc) is 2.87. The number of ether oxygens (including phenoxy) is 1. The third-order valence-electron chi connectivity index (χ3n) is 4.52. The minimum Gasteiger partial charge on any atom is -0.497 e. The van der Waals surface area contributed by atoms with Gasteiger partial charge in [-0.1, -0.05) is 18.6 Å². The fourth-order valence-corrected chi connectivity index (χ4v) is 3.64. The molecule has 0 bridgehead atoms. The fraction of sp³-hybridized carbons (Fsp3) is 0.600. The second-order valence-corrected chi connectivity index (χ2v) is 5.40. The first-order valence-electron chi connectivity index (χ1n) is 6.73. The molecule has 1 heterocycles. The van der Waals surface area contributed by atoms with E-state index in [1.807, 2.05) is 6.07 Å². The van der Waals surface area contributed by atoms with E-state index in [1.165, 1.54) is 37.9 Å². The van der Waals surface area contributed by atoms with Crippen molar-refractivity contribution in [1.29, 1.82) is 0 Å². The van der Waals surface area contributed by atoms with Crippen LogP contribution in [0.5, 0.6) is 5.75 Å². The standard InChI is InChI=1S/C15H21NO/c1-17-13-6-2-4-11(8-13)14-7-3-5-12-9-16-10-15(12)14/h2,4,6,8,12,14-16H,3,5,7,9-10H2,1H3/t12-,14+,15-/m1/s1. The van der Waals surface area contributed by atoms with Crippen molar-refractivity contribution in [1.82, 2.24) is 5.32 Å². The molecule has 1 saturated heterocycles. The molecule has 1 aromatic rings. The minimum absolute atomic E-state index is 0.735. The summed E-state index contributed by atoms with van der Waals surface area (Å²) in [6.45, 7) is 2.43. The molecular formula is C15H21NO. The van der Waals surface area contributed by atoms with Gasteiger partial charge in [0, 0.05) is 0 Å². The van der Waals surface area contributed by atoms with Crippen LogP contribution in [0.25, 0.3) is 0 Å². The Bertz CT molecular complexity index is 390. The molecule has 2 heteroatoms. The van der Waals surface area contributed by atoms with E-state index in [2.05, 4.69) is 23.5 Å². The van der Waals surface area contributed by atoms with Gasteiger partial charge in [-0.2, -0.15) is 0 Å². The average molecular weight is 231 g/mol. The monoisotopic (exact) mass is 231 g/mol. The zero-order valence-electron chi connectivity index (χ0n) is 10.5. The second kappa shape index (κ2) is 4.69. The predicted octanol–water partition coefficient (Wildman–Crippen LogP) is 2.80. The van der Waals surface area contributed by atoms with Crippen molar-refractivity contribution in [3.05, 3.63) is 29.8 Å². The third-order valence-corrected chi connectivity index (χ3v) is 4.52. The predicted molar refractivity (Wildman–Crippen MR) is 69.4 cm³/mol. The summed E-state index contributed by atoms with van der Waals surface area (Å²) >= 11 is 0. The van der Waals surface area contributed by atoms with Crippen LogP contribution in [0.2, 0.25) is 0 Å². The van der Waals surface area contributed by atoms with E-state index in [0.717, 1.165) is 23.5 Å². The van der Waals surface area contributed by atoms with E-state index in [9.17, 15) is 0 Å². The van der Waals surface area contributed by atoms with Crippen LogP contribution in [0, 0.1) is 11.8 Å². The lowest BCUT2D eigenvalue weighted by Gasteiger charge is -2.33. The summed E-state index contributed by atoms with van der Waals surface area (Å²) in [7, 11) is 1.75. The molecule has 2 aliphatic rings. The zero-order valence-corrected chi connectivity index (χ0v) is 10.5. The van der Waals surface area contributed by atoms with Gasteiger partial charge in [0.2, 0.25) is 0 Å². The minimum atomic E-state index is 0.735. The maximum atomic E-state index is 5.34. The van der Waals surface area contributed by atoms with E-state index >= 15 is 0 Å². The lowest BCUT2D eigenvalue weighted by Crippen LogP contribution is -2.25. The quantitative estimate of drug-likeness (QED) is 0.845. The molecule has 2 nitrogen and oxygen atoms in total. The number of rotatable bonds is 2. The summed E-state index contributed by atoms with van der Waals surface area (Å²) in [5, 5.41) is 3.56. The molecular weight excluding hydrogens is 210 g/mol. The Morgan fingerprint density at radius 2 is 2.18 bits per heavy atom. The van der Waals surface area contributed by atoms with Gasteiger partial charge < -0.3 is 10.1 Å². The summed E-state index contributed by atoms with van der Waals surface area (Å²) in [5.74, 6) is 3.48. The normalized spacial score (nSPS) is 32.2. The lowest BCUT2D eigenvalue weighted by molar-refractivity contribution is 0.258. The lowest BCUT2D eigenvalue weighted by atomic mass is 9.71. The number of benzene rings is 1. The molecule has 1 N–H and O–H groups in total. The highest BCUT2D eigenvalue weighted by atomic mass is 16.5. The Kier molecular flexibility index (Phi) is 3.06. The molecule has 1 aliphatic heterocycles. The SMILES string of the molecule is COc1cccc([C@@H]2CCC[C@@H]3CNC[C@H]32)c1. The topological polar surface area (TPSA) is 21.3 Å². The highest BCUT2D eigenvalue weighted by Gasteiger charge is 2.37. The van der Waals surface area contributed by atoms with Crippen molar-refractivity contribution < 1.29 is 4.74 Å². The Labute approximate surface area is 103 Å². The number of hydrogen-bond donors (Lipinski definition) is 1. The van der Waals surface area contributed by atoms with Gasteiger partial charge in [-0.15, -0.1) is 0 Å². The summed E-state index contributed by atoms with van der Waals surface area (Å²) in [5.41, 5.74) is 1.47. The van der Waals surface area contributed by atoms with Gasteiger partial charge in [0.15, 0.2) is 0 Å². The molecule has 1 saturated carbocycles. The van der Waals surface area contributed by atoms with Crippen molar-refractivity contribution >= 4 is 0 Å². The molecule has 3 atom stereocenters. The largest absolute Gasteiger partial charge is 0.497 e. The molecule has 17 heavy (non-hydrogen) atoms. The van der Waals surface area contributed by atoms with Gasteiger partial charge in [0.25, 0.3) is 0 Å². The highest BCUT2D eigenvalue weighted by molar-refractivity contribution is 5.32. The van der Waals surface area contributed by atoms with Crippen LogP contribution in [0.3, 0.4) is 0 Å². The van der Waals surface area contributed by atoms with Crippen LogP contribution in [0.1, 0.15) is 30.7 Å². The van der Waals surface area contributed by atoms with Crippen molar-refractivity contribution in [3.8, 4) is 5.75 Å². The van der Waals surface area contributed by atoms with Gasteiger partial charge in [-0.3, -0.25) is 0 Å². The van der Waals surface area contributed by atoms with Gasteiger partial charge in [0.1, 0.15) is 5.75 Å². The van der Waals surface area contributed by atoms with Crippen LogP contribution < -0.4 is 10.1 Å².